The number of hydrogen-bond donors (Lipinski definition) is 0. The number of non-ortho nitro benzene ring substituents is 1. The fourth-order valence-corrected chi connectivity index (χ4v) is 6.02. The maximum Gasteiger partial charge on any atom is 0.269 e. The molecule has 3 aromatic rings. The average Bonchev–Trinajstić information content (AvgIpc) is 3.68. The lowest BCUT2D eigenvalue weighted by Crippen LogP contribution is -2.38. The van der Waals surface area contributed by atoms with Crippen LogP contribution in [0.1, 0.15) is 48.2 Å². The Morgan fingerprint density at radius 1 is 0.946 bits per heavy atom. The molecule has 0 spiro atoms. The minimum atomic E-state index is -4.12. The minimum Gasteiger partial charge on any atom is -0.268 e. The number of aryl methyl sites for hydroxylation is 1. The molecule has 2 unspecified atom stereocenters. The maximum absolute atomic E-state index is 13.6. The molecule has 1 saturated carbocycles. The van der Waals surface area contributed by atoms with Gasteiger partial charge in [-0.2, -0.15) is 0 Å². The Kier molecular flexibility index (Phi) is 7.59. The van der Waals surface area contributed by atoms with Crippen molar-refractivity contribution in [3.05, 3.63) is 111 Å². The van der Waals surface area contributed by atoms with E-state index >= 15 is 0 Å². The Morgan fingerprint density at radius 2 is 1.57 bits per heavy atom. The second kappa shape index (κ2) is 10.7. The third-order valence-electron chi connectivity index (χ3n) is 7.14. The van der Waals surface area contributed by atoms with Crippen molar-refractivity contribution >= 4 is 27.2 Å². The van der Waals surface area contributed by atoms with Crippen LogP contribution in [0.15, 0.2) is 89.3 Å². The number of amides is 1. The number of nitro groups is 1. The van der Waals surface area contributed by atoms with Crippen LogP contribution in [0.5, 0.6) is 0 Å². The highest BCUT2D eigenvalue weighted by Gasteiger charge is 2.40. The Hall–Kier alpha value is -3.78. The molecule has 37 heavy (non-hydrogen) atoms. The first-order valence-corrected chi connectivity index (χ1v) is 13.6. The zero-order chi connectivity index (χ0) is 26.7. The van der Waals surface area contributed by atoms with Crippen LogP contribution < -0.4 is 0 Å². The monoisotopic (exact) mass is 518 g/mol. The first-order valence-electron chi connectivity index (χ1n) is 12.2. The van der Waals surface area contributed by atoms with Crippen molar-refractivity contribution in [3.63, 3.8) is 0 Å². The fourth-order valence-electron chi connectivity index (χ4n) is 4.61. The average molecular weight is 519 g/mol. The molecule has 0 heterocycles. The fraction of sp³-hybridized carbons (Fsp3) is 0.276. The van der Waals surface area contributed by atoms with E-state index in [-0.39, 0.29) is 28.6 Å². The Bertz CT molecular complexity index is 1430. The highest BCUT2D eigenvalue weighted by Crippen LogP contribution is 2.48. The normalized spacial score (nSPS) is 17.6. The number of carbonyl (C=O) groups excluding carboxylic acids is 1. The molecule has 0 radical (unpaired) electrons. The van der Waals surface area contributed by atoms with E-state index in [1.807, 2.05) is 25.1 Å². The standard InChI is InChI=1S/C29H30N2O5S/c1-20-9-15-27(16-10-20)37(35,36)30(29(32)24-11-13-26(14-12-24)31(33)34)18-17-25-19-28(25)22(3)21(2)23-7-5-4-6-8-23/h4-16,25,28H,17-19H2,1-3H3/b22-21+. The molecule has 0 bridgehead atoms. The summed E-state index contributed by atoms with van der Waals surface area (Å²) in [4.78, 5) is 23.9. The quantitative estimate of drug-likeness (QED) is 0.246. The van der Waals surface area contributed by atoms with Gasteiger partial charge in [-0.05, 0) is 80.9 Å². The third-order valence-corrected chi connectivity index (χ3v) is 8.94. The molecule has 1 aliphatic carbocycles. The topological polar surface area (TPSA) is 97.6 Å². The van der Waals surface area contributed by atoms with Gasteiger partial charge in [0.25, 0.3) is 21.6 Å². The number of sulfonamides is 1. The lowest BCUT2D eigenvalue weighted by Gasteiger charge is -2.23. The summed E-state index contributed by atoms with van der Waals surface area (Å²) in [7, 11) is -4.12. The summed E-state index contributed by atoms with van der Waals surface area (Å²) in [5, 5.41) is 11.0. The van der Waals surface area contributed by atoms with Crippen molar-refractivity contribution in [2.75, 3.05) is 6.54 Å². The SMILES string of the molecule is C/C(=C(/C)C1CC1CCN(C(=O)c1ccc([N+](=O)[O-])cc1)S(=O)(=O)c1ccc(C)cc1)c1ccccc1. The van der Waals surface area contributed by atoms with E-state index in [4.69, 9.17) is 0 Å². The van der Waals surface area contributed by atoms with Gasteiger partial charge in [-0.1, -0.05) is 53.6 Å². The first-order chi connectivity index (χ1) is 17.6. The molecule has 1 amide bonds. The summed E-state index contributed by atoms with van der Waals surface area (Å²) >= 11 is 0. The van der Waals surface area contributed by atoms with E-state index in [0.29, 0.717) is 12.3 Å². The molecule has 0 aromatic heterocycles. The van der Waals surface area contributed by atoms with Crippen LogP contribution in [0.4, 0.5) is 5.69 Å². The van der Waals surface area contributed by atoms with Crippen molar-refractivity contribution < 1.29 is 18.1 Å². The summed E-state index contributed by atoms with van der Waals surface area (Å²) in [6, 6.07) is 21.6. The molecular weight excluding hydrogens is 488 g/mol. The Morgan fingerprint density at radius 3 is 2.16 bits per heavy atom. The van der Waals surface area contributed by atoms with Gasteiger partial charge in [-0.3, -0.25) is 14.9 Å². The van der Waals surface area contributed by atoms with Gasteiger partial charge < -0.3 is 0 Å². The number of benzene rings is 3. The van der Waals surface area contributed by atoms with Gasteiger partial charge in [0.1, 0.15) is 0 Å². The number of allylic oxidation sites excluding steroid dienone is 2. The molecule has 4 rings (SSSR count). The summed E-state index contributed by atoms with van der Waals surface area (Å²) in [5.74, 6) is -0.0712. The molecule has 0 saturated heterocycles. The second-order valence-corrected chi connectivity index (χ2v) is 11.4. The molecule has 0 aliphatic heterocycles. The van der Waals surface area contributed by atoms with Crippen LogP contribution in [0.3, 0.4) is 0 Å². The van der Waals surface area contributed by atoms with Crippen molar-refractivity contribution in [3.8, 4) is 0 Å². The molecule has 2 atom stereocenters. The van der Waals surface area contributed by atoms with E-state index in [1.54, 1.807) is 12.1 Å². The third kappa shape index (κ3) is 5.80. The molecule has 192 valence electrons. The molecular formula is C29H30N2O5S. The highest BCUT2D eigenvalue weighted by molar-refractivity contribution is 7.89. The second-order valence-electron chi connectivity index (χ2n) is 9.56. The van der Waals surface area contributed by atoms with Crippen LogP contribution in [0, 0.1) is 28.9 Å². The maximum atomic E-state index is 13.6. The lowest BCUT2D eigenvalue weighted by molar-refractivity contribution is -0.384. The van der Waals surface area contributed by atoms with Crippen LogP contribution >= 0.6 is 0 Å². The van der Waals surface area contributed by atoms with Crippen LogP contribution in [0.2, 0.25) is 0 Å². The summed E-state index contributed by atoms with van der Waals surface area (Å²) in [5.41, 5.74) is 4.50. The Labute approximate surface area is 217 Å². The zero-order valence-corrected chi connectivity index (χ0v) is 21.9. The van der Waals surface area contributed by atoms with Gasteiger partial charge in [-0.15, -0.1) is 0 Å². The van der Waals surface area contributed by atoms with E-state index in [0.717, 1.165) is 16.3 Å². The van der Waals surface area contributed by atoms with Crippen LogP contribution in [-0.2, 0) is 10.0 Å². The molecule has 1 aliphatic rings. The summed E-state index contributed by atoms with van der Waals surface area (Å²) < 4.78 is 28.0. The van der Waals surface area contributed by atoms with Gasteiger partial charge in [0.15, 0.2) is 0 Å². The Balaban J connectivity index is 1.56. The van der Waals surface area contributed by atoms with Crippen molar-refractivity contribution in [1.82, 2.24) is 4.31 Å². The molecule has 3 aromatic carbocycles. The number of carbonyl (C=O) groups is 1. The van der Waals surface area contributed by atoms with Crippen molar-refractivity contribution in [2.45, 2.75) is 38.5 Å². The molecule has 8 heteroatoms. The summed E-state index contributed by atoms with van der Waals surface area (Å²) in [6.07, 6.45) is 1.48. The number of nitrogens with zero attached hydrogens (tertiary/aromatic N) is 2. The van der Waals surface area contributed by atoms with Gasteiger partial charge >= 0.3 is 0 Å². The van der Waals surface area contributed by atoms with Gasteiger partial charge in [0.2, 0.25) is 0 Å². The highest BCUT2D eigenvalue weighted by atomic mass is 32.2. The van der Waals surface area contributed by atoms with Crippen LogP contribution in [-0.4, -0.2) is 30.1 Å². The minimum absolute atomic E-state index is 0.0326. The molecule has 0 N–H and O–H groups in total. The van der Waals surface area contributed by atoms with E-state index in [1.165, 1.54) is 53.1 Å². The number of rotatable bonds is 9. The van der Waals surface area contributed by atoms with E-state index in [2.05, 4.69) is 26.0 Å². The van der Waals surface area contributed by atoms with Gasteiger partial charge in [0, 0.05) is 24.2 Å². The predicted octanol–water partition coefficient (Wildman–Crippen LogP) is 6.25. The van der Waals surface area contributed by atoms with E-state index in [9.17, 15) is 23.3 Å². The zero-order valence-electron chi connectivity index (χ0n) is 21.1. The molecule has 1 fully saturated rings. The van der Waals surface area contributed by atoms with Crippen LogP contribution in [0.25, 0.3) is 5.57 Å². The van der Waals surface area contributed by atoms with Gasteiger partial charge in [-0.25, -0.2) is 12.7 Å². The smallest absolute Gasteiger partial charge is 0.268 e. The lowest BCUT2D eigenvalue weighted by atomic mass is 9.98. The van der Waals surface area contributed by atoms with E-state index < -0.39 is 20.9 Å². The van der Waals surface area contributed by atoms with Crippen molar-refractivity contribution in [1.29, 1.82) is 0 Å². The number of nitro benzene ring substituents is 1. The predicted molar refractivity (Wildman–Crippen MR) is 143 cm³/mol. The summed E-state index contributed by atoms with van der Waals surface area (Å²) in [6.45, 7) is 6.11. The first kappa shape index (κ1) is 26.3. The largest absolute Gasteiger partial charge is 0.269 e. The molecule has 7 nitrogen and oxygen atoms in total. The van der Waals surface area contributed by atoms with Crippen molar-refractivity contribution in [2.24, 2.45) is 11.8 Å². The number of hydrogen-bond acceptors (Lipinski definition) is 5. The van der Waals surface area contributed by atoms with Gasteiger partial charge in [0.05, 0.1) is 9.82 Å².